The van der Waals surface area contributed by atoms with E-state index in [4.69, 9.17) is 5.73 Å². The van der Waals surface area contributed by atoms with Gasteiger partial charge in [0.1, 0.15) is 6.04 Å². The molecule has 6 nitrogen and oxygen atoms in total. The predicted molar refractivity (Wildman–Crippen MR) is 92.0 cm³/mol. The number of likely N-dealkylation sites (tertiary alicyclic amines) is 1. The Morgan fingerprint density at radius 1 is 1.21 bits per heavy atom. The largest absolute Gasteiger partial charge is 0.366 e. The monoisotopic (exact) mass is 343 g/mol. The molecule has 1 aromatic heterocycles. The van der Waals surface area contributed by atoms with E-state index in [0.29, 0.717) is 29.1 Å². The average molecular weight is 343 g/mol. The van der Waals surface area contributed by atoms with Gasteiger partial charge < -0.3 is 16.0 Å². The van der Waals surface area contributed by atoms with Crippen molar-refractivity contribution in [3.8, 4) is 0 Å². The van der Waals surface area contributed by atoms with Crippen LogP contribution in [0, 0.1) is 0 Å². The van der Waals surface area contributed by atoms with Gasteiger partial charge in [-0.15, -0.1) is 11.3 Å². The van der Waals surface area contributed by atoms with E-state index in [1.165, 1.54) is 17.4 Å². The number of anilines is 1. The Hall–Kier alpha value is -2.67. The van der Waals surface area contributed by atoms with E-state index >= 15 is 0 Å². The van der Waals surface area contributed by atoms with Crippen LogP contribution >= 0.6 is 11.3 Å². The van der Waals surface area contributed by atoms with E-state index in [0.717, 1.165) is 6.42 Å². The molecule has 2 aromatic rings. The summed E-state index contributed by atoms with van der Waals surface area (Å²) in [4.78, 5) is 38.5. The lowest BCUT2D eigenvalue weighted by atomic mass is 10.1. The van der Waals surface area contributed by atoms with Crippen molar-refractivity contribution in [1.29, 1.82) is 0 Å². The highest BCUT2D eigenvalue weighted by atomic mass is 32.1. The molecule has 124 valence electrons. The van der Waals surface area contributed by atoms with Crippen LogP contribution in [0.4, 0.5) is 5.69 Å². The molecule has 3 rings (SSSR count). The van der Waals surface area contributed by atoms with Crippen molar-refractivity contribution in [2.45, 2.75) is 18.9 Å². The molecule has 3 amide bonds. The second-order valence-corrected chi connectivity index (χ2v) is 6.52. The molecule has 0 unspecified atom stereocenters. The molecule has 0 radical (unpaired) electrons. The van der Waals surface area contributed by atoms with Gasteiger partial charge in [0.25, 0.3) is 5.91 Å². The Morgan fingerprint density at radius 3 is 2.75 bits per heavy atom. The molecular weight excluding hydrogens is 326 g/mol. The number of nitrogens with zero attached hydrogens (tertiary/aromatic N) is 1. The van der Waals surface area contributed by atoms with Gasteiger partial charge in [-0.05, 0) is 42.5 Å². The molecule has 1 aliphatic heterocycles. The number of hydrogen-bond acceptors (Lipinski definition) is 4. The van der Waals surface area contributed by atoms with Crippen LogP contribution in [-0.4, -0.2) is 35.2 Å². The summed E-state index contributed by atoms with van der Waals surface area (Å²) >= 11 is 1.37. The van der Waals surface area contributed by atoms with Gasteiger partial charge in [0.05, 0.1) is 4.88 Å². The number of primary amides is 1. The first-order valence-electron chi connectivity index (χ1n) is 7.61. The number of carbonyl (C=O) groups is 3. The van der Waals surface area contributed by atoms with E-state index in [1.54, 1.807) is 29.2 Å². The molecule has 3 N–H and O–H groups in total. The van der Waals surface area contributed by atoms with Crippen LogP contribution in [0.3, 0.4) is 0 Å². The molecule has 1 aliphatic rings. The summed E-state index contributed by atoms with van der Waals surface area (Å²) in [5, 5.41) is 4.61. The van der Waals surface area contributed by atoms with Crippen molar-refractivity contribution in [2.24, 2.45) is 5.73 Å². The van der Waals surface area contributed by atoms with Crippen molar-refractivity contribution < 1.29 is 14.4 Å². The van der Waals surface area contributed by atoms with Gasteiger partial charge in [-0.2, -0.15) is 0 Å². The van der Waals surface area contributed by atoms with Gasteiger partial charge >= 0.3 is 0 Å². The van der Waals surface area contributed by atoms with Gasteiger partial charge in [0.2, 0.25) is 11.8 Å². The number of benzene rings is 1. The predicted octanol–water partition coefficient (Wildman–Crippen LogP) is 2.09. The quantitative estimate of drug-likeness (QED) is 0.890. The van der Waals surface area contributed by atoms with E-state index in [1.807, 2.05) is 11.4 Å². The first-order chi connectivity index (χ1) is 11.6. The highest BCUT2D eigenvalue weighted by Gasteiger charge is 2.34. The van der Waals surface area contributed by atoms with Crippen LogP contribution in [-0.2, 0) is 4.79 Å². The second kappa shape index (κ2) is 6.84. The molecular formula is C17H17N3O3S. The van der Waals surface area contributed by atoms with Crippen LogP contribution in [0.5, 0.6) is 0 Å². The Morgan fingerprint density at radius 2 is 2.04 bits per heavy atom. The van der Waals surface area contributed by atoms with Crippen molar-refractivity contribution >= 4 is 34.7 Å². The third-order valence-corrected chi connectivity index (χ3v) is 4.82. The van der Waals surface area contributed by atoms with Crippen molar-refractivity contribution in [1.82, 2.24) is 4.90 Å². The number of hydrogen-bond donors (Lipinski definition) is 2. The Balaban J connectivity index is 1.73. The minimum Gasteiger partial charge on any atom is -0.366 e. The maximum absolute atomic E-state index is 12.6. The lowest BCUT2D eigenvalue weighted by Gasteiger charge is -2.23. The van der Waals surface area contributed by atoms with Gasteiger partial charge in [-0.1, -0.05) is 12.1 Å². The summed E-state index contributed by atoms with van der Waals surface area (Å²) in [6.07, 6.45) is 1.41. The minimum atomic E-state index is -0.554. The number of nitrogens with two attached hydrogens (primary N) is 1. The topological polar surface area (TPSA) is 92.5 Å². The number of thiophene rings is 1. The van der Waals surface area contributed by atoms with Gasteiger partial charge in [0, 0.05) is 17.8 Å². The third-order valence-electron chi connectivity index (χ3n) is 3.96. The molecule has 1 atom stereocenters. The SMILES string of the molecule is NC(=O)c1cccc(NC(=O)[C@@H]2CCCN2C(=O)c2cccs2)c1. The summed E-state index contributed by atoms with van der Waals surface area (Å²) in [5.74, 6) is -0.922. The molecule has 1 fully saturated rings. The van der Waals surface area contributed by atoms with Crippen LogP contribution in [0.1, 0.15) is 32.9 Å². The highest BCUT2D eigenvalue weighted by molar-refractivity contribution is 7.12. The van der Waals surface area contributed by atoms with Crippen LogP contribution in [0.15, 0.2) is 41.8 Å². The summed E-state index contributed by atoms with van der Waals surface area (Å²) in [6.45, 7) is 0.566. The maximum atomic E-state index is 12.6. The Bertz CT molecular complexity index is 773. The number of rotatable bonds is 4. The minimum absolute atomic E-state index is 0.117. The van der Waals surface area contributed by atoms with Gasteiger partial charge in [0.15, 0.2) is 0 Å². The highest BCUT2D eigenvalue weighted by Crippen LogP contribution is 2.23. The van der Waals surface area contributed by atoms with E-state index in [9.17, 15) is 14.4 Å². The van der Waals surface area contributed by atoms with Crippen molar-refractivity contribution in [3.63, 3.8) is 0 Å². The fraction of sp³-hybridized carbons (Fsp3) is 0.235. The van der Waals surface area contributed by atoms with E-state index < -0.39 is 11.9 Å². The molecule has 2 heterocycles. The zero-order valence-electron chi connectivity index (χ0n) is 12.9. The molecule has 1 saturated heterocycles. The zero-order valence-corrected chi connectivity index (χ0v) is 13.7. The number of amides is 3. The fourth-order valence-electron chi connectivity index (χ4n) is 2.80. The van der Waals surface area contributed by atoms with Crippen LogP contribution < -0.4 is 11.1 Å². The smallest absolute Gasteiger partial charge is 0.264 e. The average Bonchev–Trinajstić information content (AvgIpc) is 3.26. The summed E-state index contributed by atoms with van der Waals surface area (Å²) in [6, 6.07) is 9.52. The van der Waals surface area contributed by atoms with Gasteiger partial charge in [-0.3, -0.25) is 14.4 Å². The summed E-state index contributed by atoms with van der Waals surface area (Å²) < 4.78 is 0. The van der Waals surface area contributed by atoms with Crippen molar-refractivity contribution in [3.05, 3.63) is 52.2 Å². The Labute approximate surface area is 143 Å². The normalized spacial score (nSPS) is 16.8. The van der Waals surface area contributed by atoms with Crippen molar-refractivity contribution in [2.75, 3.05) is 11.9 Å². The molecule has 24 heavy (non-hydrogen) atoms. The number of carbonyl (C=O) groups excluding carboxylic acids is 3. The van der Waals surface area contributed by atoms with Gasteiger partial charge in [-0.25, -0.2) is 0 Å². The maximum Gasteiger partial charge on any atom is 0.264 e. The molecule has 0 saturated carbocycles. The third kappa shape index (κ3) is 3.30. The summed E-state index contributed by atoms with van der Waals surface area (Å²) in [7, 11) is 0. The fourth-order valence-corrected chi connectivity index (χ4v) is 3.48. The van der Waals surface area contributed by atoms with Crippen LogP contribution in [0.2, 0.25) is 0 Å². The van der Waals surface area contributed by atoms with Crippen LogP contribution in [0.25, 0.3) is 0 Å². The second-order valence-electron chi connectivity index (χ2n) is 5.57. The number of nitrogens with one attached hydrogen (secondary N) is 1. The lowest BCUT2D eigenvalue weighted by Crippen LogP contribution is -2.43. The molecule has 0 bridgehead atoms. The van der Waals surface area contributed by atoms with E-state index in [2.05, 4.69) is 5.32 Å². The lowest BCUT2D eigenvalue weighted by molar-refractivity contribution is -0.119. The Kier molecular flexibility index (Phi) is 4.61. The zero-order chi connectivity index (χ0) is 17.1. The molecule has 0 spiro atoms. The first-order valence-corrected chi connectivity index (χ1v) is 8.49. The standard InChI is InChI=1S/C17H17N3O3S/c18-15(21)11-4-1-5-12(10-11)19-16(22)13-6-2-8-20(13)17(23)14-7-3-9-24-14/h1,3-5,7,9-10,13H,2,6,8H2,(H2,18,21)(H,19,22)/t13-/m0/s1. The molecule has 0 aliphatic carbocycles. The summed E-state index contributed by atoms with van der Waals surface area (Å²) in [5.41, 5.74) is 6.07. The van der Waals surface area contributed by atoms with E-state index in [-0.39, 0.29) is 11.8 Å². The first kappa shape index (κ1) is 16.2. The molecule has 7 heteroatoms. The molecule has 1 aromatic carbocycles.